The minimum atomic E-state index is -0.0123. The maximum absolute atomic E-state index is 5.97. The number of allylic oxidation sites excluding steroid dienone is 1. The predicted octanol–water partition coefficient (Wildman–Crippen LogP) is 6.56. The van der Waals surface area contributed by atoms with E-state index in [1.54, 1.807) is 0 Å². The topological polar surface area (TPSA) is 38.0 Å². The minimum absolute atomic E-state index is 0.0123. The van der Waals surface area contributed by atoms with Crippen molar-refractivity contribution in [3.05, 3.63) is 90.5 Å². The number of nitrogens with two attached hydrogens (primary N) is 1. The van der Waals surface area contributed by atoms with Crippen LogP contribution in [0.3, 0.4) is 0 Å². The third-order valence-corrected chi connectivity index (χ3v) is 6.68. The van der Waals surface area contributed by atoms with Crippen LogP contribution in [0.15, 0.2) is 79.4 Å². The Morgan fingerprint density at radius 2 is 1.91 bits per heavy atom. The Balaban J connectivity index is 2.00. The van der Waals surface area contributed by atoms with Gasteiger partial charge in [0.05, 0.1) is 0 Å². The van der Waals surface area contributed by atoms with Gasteiger partial charge in [0.15, 0.2) is 0 Å². The quantitative estimate of drug-likeness (QED) is 0.223. The van der Waals surface area contributed by atoms with Gasteiger partial charge in [-0.1, -0.05) is 73.3 Å². The van der Waals surface area contributed by atoms with E-state index in [-0.39, 0.29) is 6.04 Å². The summed E-state index contributed by atoms with van der Waals surface area (Å²) in [5.41, 5.74) is 11.8. The number of rotatable bonds is 11. The van der Waals surface area contributed by atoms with Crippen LogP contribution in [-0.4, -0.2) is 29.8 Å². The van der Waals surface area contributed by atoms with Gasteiger partial charge in [0.2, 0.25) is 0 Å². The number of thioether (sulfide) groups is 1. The number of fused-ring (bicyclic) bond motifs is 1. The molecular weight excluding hydrogens is 428 g/mol. The standard InChI is InChI=1S/C28H34N2S2/c1-20(16-17-32-3)30-21(2)28-18-22(8-6-11-24(29)19-31)14-15-27(28)26-13-7-10-23-9-4-5-12-25(23)26/h4-7,9-15,18,20,24,30-31H,2,8,16-17,19,29H2,1,3H3/b11-6+/t20-,24?/m1/s1. The van der Waals surface area contributed by atoms with E-state index in [0.717, 1.165) is 29.9 Å². The zero-order valence-corrected chi connectivity index (χ0v) is 20.8. The van der Waals surface area contributed by atoms with Crippen LogP contribution in [0.25, 0.3) is 27.6 Å². The van der Waals surface area contributed by atoms with Crippen LogP contribution in [0.2, 0.25) is 0 Å². The summed E-state index contributed by atoms with van der Waals surface area (Å²) < 4.78 is 0. The smallest absolute Gasteiger partial charge is 0.0349 e. The van der Waals surface area contributed by atoms with Crippen molar-refractivity contribution >= 4 is 40.9 Å². The zero-order valence-electron chi connectivity index (χ0n) is 19.1. The molecule has 0 fully saturated rings. The molecule has 3 N–H and O–H groups in total. The van der Waals surface area contributed by atoms with E-state index in [1.165, 1.54) is 27.5 Å². The lowest BCUT2D eigenvalue weighted by atomic mass is 9.91. The van der Waals surface area contributed by atoms with Crippen molar-refractivity contribution in [2.75, 3.05) is 17.8 Å². The molecule has 3 aromatic rings. The highest BCUT2D eigenvalue weighted by atomic mass is 32.2. The Hall–Kier alpha value is -2.14. The van der Waals surface area contributed by atoms with Crippen molar-refractivity contribution in [1.82, 2.24) is 5.32 Å². The summed E-state index contributed by atoms with van der Waals surface area (Å²) in [5.74, 6) is 1.78. The van der Waals surface area contributed by atoms with Gasteiger partial charge in [0, 0.05) is 29.1 Å². The molecule has 0 aromatic heterocycles. The molecule has 3 aromatic carbocycles. The highest BCUT2D eigenvalue weighted by Crippen LogP contribution is 2.34. The molecule has 0 heterocycles. The Bertz CT molecular complexity index is 1070. The number of benzene rings is 3. The molecule has 4 heteroatoms. The van der Waals surface area contributed by atoms with E-state index in [2.05, 4.69) is 104 Å². The molecule has 0 saturated heterocycles. The second-order valence-electron chi connectivity index (χ2n) is 8.19. The number of thiol groups is 1. The monoisotopic (exact) mass is 462 g/mol. The molecule has 1 unspecified atom stereocenters. The van der Waals surface area contributed by atoms with Crippen LogP contribution in [0, 0.1) is 0 Å². The number of hydrogen-bond donors (Lipinski definition) is 3. The highest BCUT2D eigenvalue weighted by molar-refractivity contribution is 7.98. The van der Waals surface area contributed by atoms with Crippen molar-refractivity contribution in [1.29, 1.82) is 0 Å². The van der Waals surface area contributed by atoms with E-state index in [0.29, 0.717) is 11.8 Å². The van der Waals surface area contributed by atoms with E-state index >= 15 is 0 Å². The van der Waals surface area contributed by atoms with Gasteiger partial charge < -0.3 is 11.1 Å². The first-order valence-electron chi connectivity index (χ1n) is 11.1. The van der Waals surface area contributed by atoms with Crippen molar-refractivity contribution in [3.63, 3.8) is 0 Å². The fourth-order valence-electron chi connectivity index (χ4n) is 3.84. The van der Waals surface area contributed by atoms with E-state index < -0.39 is 0 Å². The maximum Gasteiger partial charge on any atom is 0.0349 e. The Kier molecular flexibility index (Phi) is 9.34. The molecule has 2 nitrogen and oxygen atoms in total. The largest absolute Gasteiger partial charge is 0.383 e. The average molecular weight is 463 g/mol. The molecular formula is C28H34N2S2. The summed E-state index contributed by atoms with van der Waals surface area (Å²) in [4.78, 5) is 0. The van der Waals surface area contributed by atoms with Crippen LogP contribution in [-0.2, 0) is 6.42 Å². The molecule has 0 spiro atoms. The lowest BCUT2D eigenvalue weighted by Gasteiger charge is -2.21. The summed E-state index contributed by atoms with van der Waals surface area (Å²) in [6, 6.07) is 22.1. The molecule has 0 aliphatic heterocycles. The first-order valence-corrected chi connectivity index (χ1v) is 13.1. The second-order valence-corrected chi connectivity index (χ2v) is 9.54. The van der Waals surface area contributed by atoms with Gasteiger partial charge in [-0.15, -0.1) is 0 Å². The third kappa shape index (κ3) is 6.44. The van der Waals surface area contributed by atoms with Crippen LogP contribution >= 0.6 is 24.4 Å². The summed E-state index contributed by atoms with van der Waals surface area (Å²) in [7, 11) is 0. The van der Waals surface area contributed by atoms with E-state index in [9.17, 15) is 0 Å². The molecule has 0 aliphatic carbocycles. The minimum Gasteiger partial charge on any atom is -0.383 e. The molecule has 3 rings (SSSR count). The summed E-state index contributed by atoms with van der Waals surface area (Å²) >= 11 is 6.14. The van der Waals surface area contributed by atoms with Gasteiger partial charge in [-0.2, -0.15) is 24.4 Å². The van der Waals surface area contributed by atoms with Gasteiger partial charge in [-0.3, -0.25) is 0 Å². The molecule has 32 heavy (non-hydrogen) atoms. The van der Waals surface area contributed by atoms with Gasteiger partial charge in [-0.05, 0) is 65.3 Å². The van der Waals surface area contributed by atoms with Gasteiger partial charge in [0.1, 0.15) is 0 Å². The number of hydrogen-bond acceptors (Lipinski definition) is 4. The lowest BCUT2D eigenvalue weighted by Crippen LogP contribution is -2.25. The van der Waals surface area contributed by atoms with Gasteiger partial charge >= 0.3 is 0 Å². The van der Waals surface area contributed by atoms with Crippen LogP contribution in [0.1, 0.15) is 24.5 Å². The molecule has 168 valence electrons. The number of nitrogens with one attached hydrogen (secondary N) is 1. The van der Waals surface area contributed by atoms with Gasteiger partial charge in [0.25, 0.3) is 0 Å². The lowest BCUT2D eigenvalue weighted by molar-refractivity contribution is 0.636. The summed E-state index contributed by atoms with van der Waals surface area (Å²) in [5, 5.41) is 6.15. The Morgan fingerprint density at radius 1 is 1.12 bits per heavy atom. The van der Waals surface area contributed by atoms with Crippen molar-refractivity contribution < 1.29 is 0 Å². The summed E-state index contributed by atoms with van der Waals surface area (Å²) in [6.45, 7) is 6.66. The predicted molar refractivity (Wildman–Crippen MR) is 149 cm³/mol. The molecule has 0 saturated carbocycles. The van der Waals surface area contributed by atoms with Crippen molar-refractivity contribution in [3.8, 4) is 11.1 Å². The molecule has 2 atom stereocenters. The van der Waals surface area contributed by atoms with Gasteiger partial charge in [-0.25, -0.2) is 0 Å². The van der Waals surface area contributed by atoms with E-state index in [4.69, 9.17) is 5.73 Å². The maximum atomic E-state index is 5.97. The highest BCUT2D eigenvalue weighted by Gasteiger charge is 2.13. The van der Waals surface area contributed by atoms with Crippen LogP contribution in [0.4, 0.5) is 0 Å². The fourth-order valence-corrected chi connectivity index (χ4v) is 4.56. The van der Waals surface area contributed by atoms with Crippen LogP contribution in [0.5, 0.6) is 0 Å². The van der Waals surface area contributed by atoms with Crippen LogP contribution < -0.4 is 11.1 Å². The molecule has 0 bridgehead atoms. The fraction of sp³-hybridized carbons (Fsp3) is 0.286. The first kappa shape index (κ1) is 24.5. The molecule has 0 radical (unpaired) electrons. The SMILES string of the molecule is C=C(N[C@H](C)CCSC)c1cc(C/C=C/C(N)CS)ccc1-c1cccc2ccccc12. The average Bonchev–Trinajstić information content (AvgIpc) is 2.82. The normalized spacial score (nSPS) is 13.4. The Labute approximate surface area is 202 Å². The second kappa shape index (κ2) is 12.2. The summed E-state index contributed by atoms with van der Waals surface area (Å²) in [6.07, 6.45) is 8.25. The van der Waals surface area contributed by atoms with Crippen molar-refractivity contribution in [2.45, 2.75) is 31.8 Å². The first-order chi connectivity index (χ1) is 15.5. The third-order valence-electron chi connectivity index (χ3n) is 5.61. The Morgan fingerprint density at radius 3 is 2.69 bits per heavy atom. The van der Waals surface area contributed by atoms with Crippen molar-refractivity contribution in [2.24, 2.45) is 5.73 Å². The molecule has 0 aliphatic rings. The van der Waals surface area contributed by atoms with E-state index in [1.807, 2.05) is 17.8 Å². The molecule has 0 amide bonds. The zero-order chi connectivity index (χ0) is 22.9.